The first-order valence-electron chi connectivity index (χ1n) is 12.6. The van der Waals surface area contributed by atoms with Crippen molar-refractivity contribution in [2.45, 2.75) is 56.0 Å². The van der Waals surface area contributed by atoms with Crippen LogP contribution in [0, 0.1) is 12.8 Å². The van der Waals surface area contributed by atoms with Gasteiger partial charge in [-0.2, -0.15) is 12.7 Å². The molecule has 36 heavy (non-hydrogen) atoms. The fourth-order valence-corrected chi connectivity index (χ4v) is 7.74. The van der Waals surface area contributed by atoms with E-state index in [1.54, 1.807) is 54.6 Å². The van der Waals surface area contributed by atoms with Crippen molar-refractivity contribution in [3.05, 3.63) is 60.2 Å². The standard InChI is InChI=1S/C26H36N4O4S2/c1-21(2)26-29(18-19-30(26)36(33,34)24-10-6-4-7-11-24)25(20-28-16-8-5-9-17-28)27-35(31,32)23-14-12-22(3)13-15-23/h4,6-7,10-15,21,26H,5,8-9,16-20H2,1-3H3/b27-25+. The molecule has 0 saturated carbocycles. The van der Waals surface area contributed by atoms with Gasteiger partial charge in [0.25, 0.3) is 10.0 Å². The first-order valence-corrected chi connectivity index (χ1v) is 15.4. The molecule has 0 radical (unpaired) electrons. The number of hydrogen-bond donors (Lipinski definition) is 0. The highest BCUT2D eigenvalue weighted by Gasteiger charge is 2.43. The van der Waals surface area contributed by atoms with Gasteiger partial charge >= 0.3 is 0 Å². The summed E-state index contributed by atoms with van der Waals surface area (Å²) >= 11 is 0. The molecule has 2 aliphatic rings. The van der Waals surface area contributed by atoms with Crippen molar-refractivity contribution in [3.8, 4) is 0 Å². The average molecular weight is 533 g/mol. The lowest BCUT2D eigenvalue weighted by Gasteiger charge is -2.36. The molecule has 0 bridgehead atoms. The molecule has 10 heteroatoms. The Morgan fingerprint density at radius 2 is 1.50 bits per heavy atom. The predicted molar refractivity (Wildman–Crippen MR) is 142 cm³/mol. The minimum Gasteiger partial charge on any atom is -0.340 e. The SMILES string of the molecule is Cc1ccc(S(=O)(=O)/N=C(\CN2CCCCC2)N2CCN(S(=O)(=O)c3ccccc3)C2C(C)C)cc1. The van der Waals surface area contributed by atoms with Crippen LogP contribution in [0.5, 0.6) is 0 Å². The fraction of sp³-hybridized carbons (Fsp3) is 0.500. The van der Waals surface area contributed by atoms with Crippen LogP contribution in [0.15, 0.2) is 68.8 Å². The maximum atomic E-state index is 13.6. The highest BCUT2D eigenvalue weighted by molar-refractivity contribution is 7.90. The molecule has 8 nitrogen and oxygen atoms in total. The molecular formula is C26H36N4O4S2. The molecule has 2 aliphatic heterocycles. The zero-order chi connectivity index (χ0) is 25.9. The number of benzene rings is 2. The molecule has 2 saturated heterocycles. The Morgan fingerprint density at radius 1 is 0.861 bits per heavy atom. The van der Waals surface area contributed by atoms with Crippen LogP contribution in [0.1, 0.15) is 38.7 Å². The molecule has 196 valence electrons. The van der Waals surface area contributed by atoms with E-state index in [9.17, 15) is 16.8 Å². The van der Waals surface area contributed by atoms with Gasteiger partial charge < -0.3 is 4.90 Å². The number of sulfonamides is 2. The van der Waals surface area contributed by atoms with E-state index in [4.69, 9.17) is 0 Å². The van der Waals surface area contributed by atoms with E-state index in [1.165, 1.54) is 4.31 Å². The first-order chi connectivity index (χ1) is 17.1. The summed E-state index contributed by atoms with van der Waals surface area (Å²) in [5.41, 5.74) is 0.965. The number of piperidine rings is 1. The van der Waals surface area contributed by atoms with Crippen molar-refractivity contribution in [3.63, 3.8) is 0 Å². The summed E-state index contributed by atoms with van der Waals surface area (Å²) in [4.78, 5) is 4.49. The summed E-state index contributed by atoms with van der Waals surface area (Å²) < 4.78 is 59.7. The van der Waals surface area contributed by atoms with E-state index in [0.29, 0.717) is 18.9 Å². The largest absolute Gasteiger partial charge is 0.340 e. The molecule has 2 aromatic rings. The molecule has 0 amide bonds. The average Bonchev–Trinajstić information content (AvgIpc) is 3.32. The molecule has 1 unspecified atom stereocenters. The number of hydrogen-bond acceptors (Lipinski definition) is 5. The first kappa shape index (κ1) is 26.8. The Bertz CT molecular complexity index is 1270. The molecule has 0 aromatic heterocycles. The third kappa shape index (κ3) is 5.82. The third-order valence-corrected chi connectivity index (χ3v) is 10.0. The zero-order valence-electron chi connectivity index (χ0n) is 21.2. The van der Waals surface area contributed by atoms with Crippen LogP contribution in [0.25, 0.3) is 0 Å². The van der Waals surface area contributed by atoms with Gasteiger partial charge in [0.1, 0.15) is 5.84 Å². The molecule has 4 rings (SSSR count). The molecule has 0 spiro atoms. The Balaban J connectivity index is 1.73. The van der Waals surface area contributed by atoms with Crippen molar-refractivity contribution in [2.75, 3.05) is 32.7 Å². The minimum absolute atomic E-state index is 0.0837. The van der Waals surface area contributed by atoms with Gasteiger partial charge in [0.2, 0.25) is 10.0 Å². The van der Waals surface area contributed by atoms with Crippen molar-refractivity contribution in [2.24, 2.45) is 10.3 Å². The molecular weight excluding hydrogens is 496 g/mol. The summed E-state index contributed by atoms with van der Waals surface area (Å²) in [6.07, 6.45) is 2.73. The van der Waals surface area contributed by atoms with Crippen LogP contribution in [-0.2, 0) is 20.0 Å². The third-order valence-electron chi connectivity index (χ3n) is 6.81. The lowest BCUT2D eigenvalue weighted by Crippen LogP contribution is -2.50. The fourth-order valence-electron chi connectivity index (χ4n) is 4.98. The molecule has 2 aromatic carbocycles. The Kier molecular flexibility index (Phi) is 8.18. The number of aryl methyl sites for hydroxylation is 1. The summed E-state index contributed by atoms with van der Waals surface area (Å²) in [6.45, 7) is 8.58. The van der Waals surface area contributed by atoms with E-state index in [2.05, 4.69) is 9.30 Å². The Morgan fingerprint density at radius 3 is 2.11 bits per heavy atom. The lowest BCUT2D eigenvalue weighted by atomic mass is 10.1. The summed E-state index contributed by atoms with van der Waals surface area (Å²) in [5, 5.41) is 0. The van der Waals surface area contributed by atoms with E-state index < -0.39 is 26.2 Å². The maximum Gasteiger partial charge on any atom is 0.283 e. The highest BCUT2D eigenvalue weighted by Crippen LogP contribution is 2.30. The van der Waals surface area contributed by atoms with E-state index >= 15 is 0 Å². The number of rotatable bonds is 7. The van der Waals surface area contributed by atoms with Gasteiger partial charge in [0, 0.05) is 13.1 Å². The van der Waals surface area contributed by atoms with Crippen LogP contribution in [-0.4, -0.2) is 75.7 Å². The van der Waals surface area contributed by atoms with E-state index in [1.807, 2.05) is 25.7 Å². The van der Waals surface area contributed by atoms with Crippen LogP contribution in [0.4, 0.5) is 0 Å². The second-order valence-electron chi connectivity index (χ2n) is 9.91. The summed E-state index contributed by atoms with van der Waals surface area (Å²) in [7, 11) is -7.73. The normalized spacial score (nSPS) is 20.8. The zero-order valence-corrected chi connectivity index (χ0v) is 22.9. The van der Waals surface area contributed by atoms with Crippen LogP contribution in [0.3, 0.4) is 0 Å². The van der Waals surface area contributed by atoms with Gasteiger partial charge in [0.15, 0.2) is 0 Å². The summed E-state index contributed by atoms with van der Waals surface area (Å²) in [6, 6.07) is 15.1. The maximum absolute atomic E-state index is 13.6. The van der Waals surface area contributed by atoms with Crippen molar-refractivity contribution in [1.29, 1.82) is 0 Å². The van der Waals surface area contributed by atoms with Crippen molar-refractivity contribution >= 4 is 25.9 Å². The van der Waals surface area contributed by atoms with E-state index in [-0.39, 0.29) is 22.3 Å². The smallest absolute Gasteiger partial charge is 0.283 e. The predicted octanol–water partition coefficient (Wildman–Crippen LogP) is 3.56. The molecule has 0 N–H and O–H groups in total. The van der Waals surface area contributed by atoms with Crippen LogP contribution in [0.2, 0.25) is 0 Å². The highest BCUT2D eigenvalue weighted by atomic mass is 32.2. The number of likely N-dealkylation sites (tertiary alicyclic amines) is 1. The van der Waals surface area contributed by atoms with Gasteiger partial charge in [-0.3, -0.25) is 4.90 Å². The van der Waals surface area contributed by atoms with Gasteiger partial charge in [-0.25, -0.2) is 8.42 Å². The van der Waals surface area contributed by atoms with Crippen LogP contribution < -0.4 is 0 Å². The molecule has 2 fully saturated rings. The number of nitrogens with zero attached hydrogens (tertiary/aromatic N) is 4. The van der Waals surface area contributed by atoms with E-state index in [0.717, 1.165) is 37.9 Å². The van der Waals surface area contributed by atoms with Gasteiger partial charge in [0.05, 0.1) is 22.5 Å². The molecule has 1 atom stereocenters. The van der Waals surface area contributed by atoms with Gasteiger partial charge in [-0.15, -0.1) is 4.40 Å². The van der Waals surface area contributed by atoms with Gasteiger partial charge in [-0.05, 0) is 63.0 Å². The van der Waals surface area contributed by atoms with Crippen LogP contribution >= 0.6 is 0 Å². The van der Waals surface area contributed by atoms with Gasteiger partial charge in [-0.1, -0.05) is 56.2 Å². The molecule has 2 heterocycles. The quantitative estimate of drug-likeness (QED) is 0.400. The second kappa shape index (κ2) is 11.0. The topological polar surface area (TPSA) is 90.4 Å². The molecule has 0 aliphatic carbocycles. The van der Waals surface area contributed by atoms with Crippen molar-refractivity contribution < 1.29 is 16.8 Å². The summed E-state index contributed by atoms with van der Waals surface area (Å²) in [5.74, 6) is 0.321. The second-order valence-corrected chi connectivity index (χ2v) is 13.4. The minimum atomic E-state index is -3.97. The Labute approximate surface area is 215 Å². The monoisotopic (exact) mass is 532 g/mol. The number of amidine groups is 1. The van der Waals surface area contributed by atoms with Crippen molar-refractivity contribution in [1.82, 2.24) is 14.1 Å². The lowest BCUT2D eigenvalue weighted by molar-refractivity contribution is 0.197. The Hall–Kier alpha value is -2.27.